The van der Waals surface area contributed by atoms with Crippen molar-refractivity contribution in [2.45, 2.75) is 52.1 Å². The predicted octanol–water partition coefficient (Wildman–Crippen LogP) is 1.89. The number of hydrogen-bond donors (Lipinski definition) is 2. The van der Waals surface area contributed by atoms with Gasteiger partial charge in [-0.1, -0.05) is 0 Å². The zero-order valence-electron chi connectivity index (χ0n) is 11.4. The van der Waals surface area contributed by atoms with Gasteiger partial charge in [0, 0.05) is 17.6 Å². The molecular weight excluding hydrogens is 228 g/mol. The SMILES string of the molecule is Cc1nc(NC2CC2)cc(C(=O)NC(C)(C)C)n1. The van der Waals surface area contributed by atoms with Crippen molar-refractivity contribution in [3.8, 4) is 0 Å². The molecule has 0 radical (unpaired) electrons. The van der Waals surface area contributed by atoms with E-state index >= 15 is 0 Å². The van der Waals surface area contributed by atoms with Gasteiger partial charge in [-0.2, -0.15) is 0 Å². The van der Waals surface area contributed by atoms with Crippen LogP contribution in [0.1, 0.15) is 49.9 Å². The zero-order valence-corrected chi connectivity index (χ0v) is 11.4. The summed E-state index contributed by atoms with van der Waals surface area (Å²) >= 11 is 0. The quantitative estimate of drug-likeness (QED) is 0.857. The average Bonchev–Trinajstić information content (AvgIpc) is 2.98. The lowest BCUT2D eigenvalue weighted by Crippen LogP contribution is -2.41. The number of rotatable bonds is 3. The van der Waals surface area contributed by atoms with E-state index in [4.69, 9.17) is 0 Å². The van der Waals surface area contributed by atoms with Crippen LogP contribution in [0.4, 0.5) is 5.82 Å². The molecule has 0 saturated heterocycles. The Morgan fingerprint density at radius 1 is 1.33 bits per heavy atom. The van der Waals surface area contributed by atoms with Crippen molar-refractivity contribution in [2.75, 3.05) is 5.32 Å². The molecular formula is C13H20N4O. The van der Waals surface area contributed by atoms with E-state index in [0.717, 1.165) is 5.82 Å². The van der Waals surface area contributed by atoms with Crippen molar-refractivity contribution in [1.29, 1.82) is 0 Å². The highest BCUT2D eigenvalue weighted by atomic mass is 16.2. The fourth-order valence-corrected chi connectivity index (χ4v) is 1.60. The smallest absolute Gasteiger partial charge is 0.270 e. The lowest BCUT2D eigenvalue weighted by atomic mass is 10.1. The number of anilines is 1. The van der Waals surface area contributed by atoms with Gasteiger partial charge in [-0.15, -0.1) is 0 Å². The minimum atomic E-state index is -0.264. The van der Waals surface area contributed by atoms with Gasteiger partial charge < -0.3 is 10.6 Å². The first-order valence-electron chi connectivity index (χ1n) is 6.28. The number of aromatic nitrogens is 2. The second kappa shape index (κ2) is 4.55. The molecule has 0 bridgehead atoms. The molecule has 0 aromatic carbocycles. The van der Waals surface area contributed by atoms with E-state index in [9.17, 15) is 4.79 Å². The van der Waals surface area contributed by atoms with Crippen LogP contribution in [0.3, 0.4) is 0 Å². The molecule has 0 unspecified atom stereocenters. The number of carbonyl (C=O) groups excluding carboxylic acids is 1. The van der Waals surface area contributed by atoms with Crippen molar-refractivity contribution in [3.63, 3.8) is 0 Å². The van der Waals surface area contributed by atoms with Gasteiger partial charge in [0.1, 0.15) is 17.3 Å². The molecule has 1 aromatic rings. The van der Waals surface area contributed by atoms with Gasteiger partial charge in [-0.3, -0.25) is 4.79 Å². The standard InChI is InChI=1S/C13H20N4O/c1-8-14-10(12(18)17-13(2,3)4)7-11(15-8)16-9-5-6-9/h7,9H,5-6H2,1-4H3,(H,17,18)(H,14,15,16). The van der Waals surface area contributed by atoms with Gasteiger partial charge in [0.25, 0.3) is 5.91 Å². The number of hydrogen-bond acceptors (Lipinski definition) is 4. The minimum absolute atomic E-state index is 0.160. The highest BCUT2D eigenvalue weighted by Crippen LogP contribution is 2.23. The molecule has 1 aliphatic carbocycles. The number of nitrogens with zero attached hydrogens (tertiary/aromatic N) is 2. The van der Waals surface area contributed by atoms with Crippen LogP contribution in [0, 0.1) is 6.92 Å². The van der Waals surface area contributed by atoms with Gasteiger partial charge in [0.2, 0.25) is 0 Å². The average molecular weight is 248 g/mol. The Morgan fingerprint density at radius 3 is 2.56 bits per heavy atom. The summed E-state index contributed by atoms with van der Waals surface area (Å²) in [5.41, 5.74) is 0.153. The van der Waals surface area contributed by atoms with Crippen LogP contribution >= 0.6 is 0 Å². The lowest BCUT2D eigenvalue weighted by molar-refractivity contribution is 0.0914. The molecule has 98 valence electrons. The molecule has 1 fully saturated rings. The molecule has 1 amide bonds. The van der Waals surface area contributed by atoms with Crippen LogP contribution in [-0.2, 0) is 0 Å². The van der Waals surface area contributed by atoms with Crippen LogP contribution < -0.4 is 10.6 Å². The molecule has 5 heteroatoms. The van der Waals surface area contributed by atoms with Gasteiger partial charge in [0.05, 0.1) is 0 Å². The van der Waals surface area contributed by atoms with Crippen molar-refractivity contribution in [1.82, 2.24) is 15.3 Å². The summed E-state index contributed by atoms with van der Waals surface area (Å²) in [7, 11) is 0. The van der Waals surface area contributed by atoms with Crippen LogP contribution in [0.2, 0.25) is 0 Å². The van der Waals surface area contributed by atoms with Gasteiger partial charge >= 0.3 is 0 Å². The highest BCUT2D eigenvalue weighted by Gasteiger charge is 2.23. The highest BCUT2D eigenvalue weighted by molar-refractivity contribution is 5.93. The van der Waals surface area contributed by atoms with Crippen molar-refractivity contribution in [3.05, 3.63) is 17.6 Å². The predicted molar refractivity (Wildman–Crippen MR) is 70.6 cm³/mol. The van der Waals surface area contributed by atoms with Crippen LogP contribution in [0.25, 0.3) is 0 Å². The van der Waals surface area contributed by atoms with E-state index in [1.807, 2.05) is 20.8 Å². The molecule has 1 aromatic heterocycles. The Labute approximate surface area is 107 Å². The van der Waals surface area contributed by atoms with Crippen molar-refractivity contribution >= 4 is 11.7 Å². The van der Waals surface area contributed by atoms with E-state index in [-0.39, 0.29) is 11.4 Å². The molecule has 0 aliphatic heterocycles. The first-order chi connectivity index (χ1) is 8.33. The monoisotopic (exact) mass is 248 g/mol. The molecule has 0 atom stereocenters. The number of aryl methyl sites for hydroxylation is 1. The Kier molecular flexibility index (Phi) is 3.24. The Hall–Kier alpha value is -1.65. The third kappa shape index (κ3) is 3.68. The Balaban J connectivity index is 2.15. The summed E-state index contributed by atoms with van der Waals surface area (Å²) in [6, 6.07) is 2.23. The van der Waals surface area contributed by atoms with E-state index in [0.29, 0.717) is 17.6 Å². The molecule has 1 heterocycles. The van der Waals surface area contributed by atoms with Crippen molar-refractivity contribution < 1.29 is 4.79 Å². The normalized spacial score (nSPS) is 15.3. The molecule has 5 nitrogen and oxygen atoms in total. The largest absolute Gasteiger partial charge is 0.367 e. The maximum atomic E-state index is 12.0. The fourth-order valence-electron chi connectivity index (χ4n) is 1.60. The first-order valence-corrected chi connectivity index (χ1v) is 6.28. The maximum Gasteiger partial charge on any atom is 0.270 e. The van der Waals surface area contributed by atoms with Gasteiger partial charge in [0.15, 0.2) is 0 Å². The maximum absolute atomic E-state index is 12.0. The third-order valence-electron chi connectivity index (χ3n) is 2.49. The summed E-state index contributed by atoms with van der Waals surface area (Å²) in [6.07, 6.45) is 2.35. The van der Waals surface area contributed by atoms with Crippen molar-refractivity contribution in [2.24, 2.45) is 0 Å². The first kappa shape index (κ1) is 12.8. The van der Waals surface area contributed by atoms with Crippen LogP contribution in [-0.4, -0.2) is 27.5 Å². The van der Waals surface area contributed by atoms with E-state index in [1.165, 1.54) is 12.8 Å². The molecule has 2 rings (SSSR count). The summed E-state index contributed by atoms with van der Waals surface area (Å²) in [5, 5.41) is 6.19. The topological polar surface area (TPSA) is 66.9 Å². The summed E-state index contributed by atoms with van der Waals surface area (Å²) in [6.45, 7) is 7.64. The second-order valence-electron chi connectivity index (χ2n) is 5.81. The van der Waals surface area contributed by atoms with Gasteiger partial charge in [-0.25, -0.2) is 9.97 Å². The Morgan fingerprint density at radius 2 is 2.00 bits per heavy atom. The number of amides is 1. The van der Waals surface area contributed by atoms with E-state index in [2.05, 4.69) is 20.6 Å². The summed E-state index contributed by atoms with van der Waals surface area (Å²) < 4.78 is 0. The van der Waals surface area contributed by atoms with Crippen LogP contribution in [0.5, 0.6) is 0 Å². The molecule has 1 saturated carbocycles. The lowest BCUT2D eigenvalue weighted by Gasteiger charge is -2.20. The minimum Gasteiger partial charge on any atom is -0.367 e. The third-order valence-corrected chi connectivity index (χ3v) is 2.49. The van der Waals surface area contributed by atoms with E-state index in [1.54, 1.807) is 13.0 Å². The number of nitrogens with one attached hydrogen (secondary N) is 2. The van der Waals surface area contributed by atoms with Gasteiger partial charge in [-0.05, 0) is 40.5 Å². The van der Waals surface area contributed by atoms with Crippen LogP contribution in [0.15, 0.2) is 6.07 Å². The second-order valence-corrected chi connectivity index (χ2v) is 5.81. The Bertz CT molecular complexity index is 461. The fraction of sp³-hybridized carbons (Fsp3) is 0.615. The summed E-state index contributed by atoms with van der Waals surface area (Å²) in [4.78, 5) is 20.5. The molecule has 2 N–H and O–H groups in total. The zero-order chi connectivity index (χ0) is 13.3. The molecule has 1 aliphatic rings. The molecule has 0 spiro atoms. The van der Waals surface area contributed by atoms with E-state index < -0.39 is 0 Å². The summed E-state index contributed by atoms with van der Waals surface area (Å²) in [5.74, 6) is 1.19. The molecule has 18 heavy (non-hydrogen) atoms. The number of carbonyl (C=O) groups is 1.